The Morgan fingerprint density at radius 3 is 2.50 bits per heavy atom. The van der Waals surface area contributed by atoms with Crippen molar-refractivity contribution in [1.29, 1.82) is 0 Å². The molecule has 0 aliphatic rings. The molecule has 0 aliphatic carbocycles. The van der Waals surface area contributed by atoms with Gasteiger partial charge in [0.05, 0.1) is 6.17 Å². The van der Waals surface area contributed by atoms with Crippen LogP contribution in [0.3, 0.4) is 0 Å². The van der Waals surface area contributed by atoms with E-state index >= 15 is 0 Å². The van der Waals surface area contributed by atoms with E-state index in [1.54, 1.807) is 0 Å². The lowest BCUT2D eigenvalue weighted by molar-refractivity contribution is 0.267. The van der Waals surface area contributed by atoms with E-state index in [9.17, 15) is 4.39 Å². The zero-order valence-electron chi connectivity index (χ0n) is 5.23. The molecule has 1 nitrogen and oxygen atoms in total. The van der Waals surface area contributed by atoms with E-state index < -0.39 is 6.17 Å². The smallest absolute Gasteiger partial charge is 0.0973 e. The molecular formula is C6H13FO. The molecule has 0 heterocycles. The number of halogens is 1. The molecule has 0 aromatic rings. The number of aliphatic hydroxyl groups is 1. The Hall–Kier alpha value is -0.110. The Morgan fingerprint density at radius 2 is 2.12 bits per heavy atom. The monoisotopic (exact) mass is 120 g/mol. The first-order valence-electron chi connectivity index (χ1n) is 3.02. The summed E-state index contributed by atoms with van der Waals surface area (Å²) in [6.45, 7) is 1.73. The number of alkyl halides is 1. The Kier molecular flexibility index (Phi) is 4.97. The van der Waals surface area contributed by atoms with Crippen molar-refractivity contribution in [2.24, 2.45) is 0 Å². The Morgan fingerprint density at radius 1 is 1.50 bits per heavy atom. The molecule has 0 rings (SSSR count). The van der Waals surface area contributed by atoms with Crippen LogP contribution in [0, 0.1) is 0 Å². The van der Waals surface area contributed by atoms with Crippen LogP contribution >= 0.6 is 0 Å². The summed E-state index contributed by atoms with van der Waals surface area (Å²) in [5, 5.41) is 8.26. The molecule has 0 saturated carbocycles. The van der Waals surface area contributed by atoms with Crippen LogP contribution in [0.2, 0.25) is 0 Å². The molecule has 0 aliphatic heterocycles. The fourth-order valence-corrected chi connectivity index (χ4v) is 0.537. The van der Waals surface area contributed by atoms with Crippen molar-refractivity contribution >= 4 is 0 Å². The van der Waals surface area contributed by atoms with Crippen molar-refractivity contribution in [1.82, 2.24) is 0 Å². The molecule has 0 radical (unpaired) electrons. The molecule has 0 aromatic carbocycles. The molecule has 0 spiro atoms. The molecule has 0 unspecified atom stereocenters. The quantitative estimate of drug-likeness (QED) is 0.557. The van der Waals surface area contributed by atoms with Crippen molar-refractivity contribution in [2.45, 2.75) is 32.4 Å². The second-order valence-corrected chi connectivity index (χ2v) is 2.00. The lowest BCUT2D eigenvalue weighted by Gasteiger charge is -1.97. The Labute approximate surface area is 49.5 Å². The van der Waals surface area contributed by atoms with Gasteiger partial charge in [-0.15, -0.1) is 0 Å². The van der Waals surface area contributed by atoms with Gasteiger partial charge in [0.15, 0.2) is 0 Å². The molecule has 50 valence electrons. The number of aliphatic hydroxyl groups excluding tert-OH is 1. The van der Waals surface area contributed by atoms with Gasteiger partial charge in [0, 0.05) is 6.61 Å². The first kappa shape index (κ1) is 7.89. The van der Waals surface area contributed by atoms with Gasteiger partial charge in [0.1, 0.15) is 0 Å². The van der Waals surface area contributed by atoms with Crippen molar-refractivity contribution in [3.63, 3.8) is 0 Å². The van der Waals surface area contributed by atoms with Crippen LogP contribution in [0.4, 0.5) is 4.39 Å². The van der Waals surface area contributed by atoms with Crippen molar-refractivity contribution < 1.29 is 9.50 Å². The highest BCUT2D eigenvalue weighted by Crippen LogP contribution is 2.01. The van der Waals surface area contributed by atoms with Crippen LogP contribution in [-0.2, 0) is 0 Å². The number of unbranched alkanes of at least 4 members (excludes halogenated alkanes) is 1. The van der Waals surface area contributed by atoms with Crippen molar-refractivity contribution in [2.75, 3.05) is 6.61 Å². The van der Waals surface area contributed by atoms with Crippen LogP contribution in [0.1, 0.15) is 26.2 Å². The first-order chi connectivity index (χ1) is 3.77. The van der Waals surface area contributed by atoms with Gasteiger partial charge < -0.3 is 5.11 Å². The number of hydrogen-bond donors (Lipinski definition) is 1. The zero-order chi connectivity index (χ0) is 6.41. The fraction of sp³-hybridized carbons (Fsp3) is 1.00. The predicted octanol–water partition coefficient (Wildman–Crippen LogP) is 1.51. The molecule has 0 saturated heterocycles. The van der Waals surface area contributed by atoms with E-state index in [1.807, 2.05) is 0 Å². The summed E-state index contributed by atoms with van der Waals surface area (Å²) in [5.74, 6) is 0. The third-order valence-corrected chi connectivity index (χ3v) is 1.01. The lowest BCUT2D eigenvalue weighted by atomic mass is 10.2. The summed E-state index contributed by atoms with van der Waals surface area (Å²) in [7, 11) is 0. The zero-order valence-corrected chi connectivity index (χ0v) is 5.23. The topological polar surface area (TPSA) is 20.2 Å². The summed E-state index contributed by atoms with van der Waals surface area (Å²) < 4.78 is 11.9. The summed E-state index contributed by atoms with van der Waals surface area (Å²) in [5.41, 5.74) is 0. The summed E-state index contributed by atoms with van der Waals surface area (Å²) >= 11 is 0. The maximum absolute atomic E-state index is 11.9. The highest BCUT2D eigenvalue weighted by Gasteiger charge is 1.94. The van der Waals surface area contributed by atoms with Crippen LogP contribution < -0.4 is 0 Å². The number of hydrogen-bond acceptors (Lipinski definition) is 1. The average Bonchev–Trinajstić information content (AvgIpc) is 1.66. The van der Waals surface area contributed by atoms with Gasteiger partial charge in [-0.25, -0.2) is 4.39 Å². The summed E-state index contributed by atoms with van der Waals surface area (Å²) in [6, 6.07) is 0. The van der Waals surface area contributed by atoms with Gasteiger partial charge in [-0.3, -0.25) is 0 Å². The van der Waals surface area contributed by atoms with E-state index in [0.29, 0.717) is 6.42 Å². The van der Waals surface area contributed by atoms with Gasteiger partial charge in [0.2, 0.25) is 0 Å². The standard InChI is InChI=1S/C6H13FO/c1-6(7)4-2-3-5-8/h6,8H,2-5H2,1H3/t6-/m1/s1. The maximum atomic E-state index is 11.9. The molecule has 0 aromatic heterocycles. The lowest BCUT2D eigenvalue weighted by Crippen LogP contribution is -1.92. The van der Waals surface area contributed by atoms with Crippen LogP contribution in [0.15, 0.2) is 0 Å². The third-order valence-electron chi connectivity index (χ3n) is 1.01. The van der Waals surface area contributed by atoms with Gasteiger partial charge in [0.25, 0.3) is 0 Å². The Bertz CT molecular complexity index is 45.8. The van der Waals surface area contributed by atoms with Crippen LogP contribution in [0.5, 0.6) is 0 Å². The Balaban J connectivity index is 2.72. The average molecular weight is 120 g/mol. The van der Waals surface area contributed by atoms with Gasteiger partial charge in [-0.1, -0.05) is 0 Å². The minimum Gasteiger partial charge on any atom is -0.396 e. The largest absolute Gasteiger partial charge is 0.396 e. The third kappa shape index (κ3) is 5.89. The second kappa shape index (κ2) is 5.04. The predicted molar refractivity (Wildman–Crippen MR) is 31.5 cm³/mol. The molecular weight excluding hydrogens is 107 g/mol. The van der Waals surface area contributed by atoms with Gasteiger partial charge in [-0.05, 0) is 26.2 Å². The molecule has 0 fully saturated rings. The normalized spacial score (nSPS) is 13.9. The molecule has 0 bridgehead atoms. The van der Waals surface area contributed by atoms with Crippen molar-refractivity contribution in [3.8, 4) is 0 Å². The van der Waals surface area contributed by atoms with Crippen LogP contribution in [0.25, 0.3) is 0 Å². The van der Waals surface area contributed by atoms with E-state index in [1.165, 1.54) is 6.92 Å². The van der Waals surface area contributed by atoms with Crippen molar-refractivity contribution in [3.05, 3.63) is 0 Å². The van der Waals surface area contributed by atoms with E-state index in [0.717, 1.165) is 12.8 Å². The maximum Gasteiger partial charge on any atom is 0.0973 e. The highest BCUT2D eigenvalue weighted by atomic mass is 19.1. The fourth-order valence-electron chi connectivity index (χ4n) is 0.537. The summed E-state index contributed by atoms with van der Waals surface area (Å²) in [6.07, 6.45) is 1.41. The molecule has 8 heavy (non-hydrogen) atoms. The second-order valence-electron chi connectivity index (χ2n) is 2.00. The van der Waals surface area contributed by atoms with E-state index in [2.05, 4.69) is 0 Å². The molecule has 1 N–H and O–H groups in total. The van der Waals surface area contributed by atoms with Gasteiger partial charge >= 0.3 is 0 Å². The SMILES string of the molecule is C[C@@H](F)CCCCO. The molecule has 0 amide bonds. The molecule has 1 atom stereocenters. The summed E-state index contributed by atoms with van der Waals surface area (Å²) in [4.78, 5) is 0. The number of rotatable bonds is 4. The molecule has 2 heteroatoms. The van der Waals surface area contributed by atoms with E-state index in [-0.39, 0.29) is 6.61 Å². The minimum absolute atomic E-state index is 0.187. The van der Waals surface area contributed by atoms with Gasteiger partial charge in [-0.2, -0.15) is 0 Å². The highest BCUT2D eigenvalue weighted by molar-refractivity contribution is 4.46. The first-order valence-corrected chi connectivity index (χ1v) is 3.02. The van der Waals surface area contributed by atoms with Crippen LogP contribution in [-0.4, -0.2) is 17.9 Å². The minimum atomic E-state index is -0.707. The van der Waals surface area contributed by atoms with E-state index in [4.69, 9.17) is 5.11 Å².